The number of ether oxygens (including phenoxy) is 1. The summed E-state index contributed by atoms with van der Waals surface area (Å²) in [6.45, 7) is 3.75. The number of hydrogen-bond acceptors (Lipinski definition) is 5. The summed E-state index contributed by atoms with van der Waals surface area (Å²) in [5, 5.41) is 13.4. The Morgan fingerprint density at radius 1 is 1.44 bits per heavy atom. The molecule has 1 rings (SSSR count). The highest BCUT2D eigenvalue weighted by atomic mass is 16.6. The Labute approximate surface area is 104 Å². The van der Waals surface area contributed by atoms with Crippen LogP contribution in [0.2, 0.25) is 0 Å². The molecule has 0 heterocycles. The van der Waals surface area contributed by atoms with Gasteiger partial charge in [0.15, 0.2) is 0 Å². The number of anilines is 1. The summed E-state index contributed by atoms with van der Waals surface area (Å²) in [7, 11) is 0. The van der Waals surface area contributed by atoms with E-state index in [2.05, 4.69) is 5.32 Å². The summed E-state index contributed by atoms with van der Waals surface area (Å²) < 4.78 is 4.76. The number of esters is 1. The largest absolute Gasteiger partial charge is 0.463 e. The molecule has 0 fully saturated rings. The van der Waals surface area contributed by atoms with Crippen molar-refractivity contribution in [1.82, 2.24) is 0 Å². The Morgan fingerprint density at radius 2 is 2.06 bits per heavy atom. The average molecular weight is 250 g/mol. The van der Waals surface area contributed by atoms with Crippen LogP contribution in [-0.2, 0) is 9.53 Å². The minimum atomic E-state index is -0.467. The number of carbonyl (C=O) groups excluding carboxylic acids is 1. The average Bonchev–Trinajstić information content (AvgIpc) is 2.29. The van der Waals surface area contributed by atoms with E-state index in [1.54, 1.807) is 26.0 Å². The zero-order valence-electron chi connectivity index (χ0n) is 10.2. The molecule has 0 spiro atoms. The maximum Gasteiger partial charge on any atom is 0.332 e. The molecule has 1 N–H and O–H groups in total. The van der Waals surface area contributed by atoms with Crippen molar-refractivity contribution in [2.45, 2.75) is 13.8 Å². The fourth-order valence-corrected chi connectivity index (χ4v) is 1.29. The quantitative estimate of drug-likeness (QED) is 0.375. The molecule has 0 saturated carbocycles. The van der Waals surface area contributed by atoms with Crippen LogP contribution < -0.4 is 5.32 Å². The molecule has 0 bridgehead atoms. The Hall–Kier alpha value is -2.37. The Kier molecular flexibility index (Phi) is 4.86. The van der Waals surface area contributed by atoms with E-state index in [1.807, 2.05) is 0 Å². The van der Waals surface area contributed by atoms with E-state index in [9.17, 15) is 14.9 Å². The summed E-state index contributed by atoms with van der Waals surface area (Å²) in [6, 6.07) is 5.92. The molecule has 0 aliphatic carbocycles. The Balaban J connectivity index is 2.67. The van der Waals surface area contributed by atoms with Gasteiger partial charge in [0.2, 0.25) is 0 Å². The van der Waals surface area contributed by atoms with Crippen LogP contribution in [0.25, 0.3) is 0 Å². The van der Waals surface area contributed by atoms with Crippen molar-refractivity contribution in [3.8, 4) is 0 Å². The van der Waals surface area contributed by atoms with Gasteiger partial charge in [0.1, 0.15) is 0 Å². The molecule has 96 valence electrons. The fourth-order valence-electron chi connectivity index (χ4n) is 1.29. The first-order chi connectivity index (χ1) is 8.52. The van der Waals surface area contributed by atoms with Crippen molar-refractivity contribution < 1.29 is 14.5 Å². The Morgan fingerprint density at radius 3 is 2.56 bits per heavy atom. The molecule has 1 aromatic carbocycles. The zero-order valence-corrected chi connectivity index (χ0v) is 10.2. The number of benzene rings is 1. The van der Waals surface area contributed by atoms with E-state index in [0.29, 0.717) is 18.0 Å². The Bertz CT molecular complexity index is 465. The molecular formula is C12H14N2O4. The molecule has 1 aromatic rings. The molecule has 0 saturated heterocycles. The first-order valence-electron chi connectivity index (χ1n) is 5.39. The highest BCUT2D eigenvalue weighted by molar-refractivity contribution is 5.83. The summed E-state index contributed by atoms with van der Waals surface area (Å²) in [5.41, 5.74) is 1.29. The molecular weight excluding hydrogens is 236 g/mol. The van der Waals surface area contributed by atoms with Gasteiger partial charge >= 0.3 is 5.97 Å². The predicted octanol–water partition coefficient (Wildman–Crippen LogP) is 2.47. The van der Waals surface area contributed by atoms with E-state index in [1.165, 1.54) is 18.2 Å². The molecule has 0 aliphatic heterocycles. The van der Waals surface area contributed by atoms with Gasteiger partial charge in [0, 0.05) is 29.6 Å². The molecule has 6 nitrogen and oxygen atoms in total. The van der Waals surface area contributed by atoms with Gasteiger partial charge in [-0.2, -0.15) is 0 Å². The standard InChI is InChI=1S/C12H14N2O4/c1-3-18-12(15)8-9(2)13-10-4-6-11(7-5-10)14(16)17/h4-8,13H,3H2,1-2H3. The molecule has 0 aliphatic rings. The third-order valence-electron chi connectivity index (χ3n) is 2.04. The van der Waals surface area contributed by atoms with E-state index in [-0.39, 0.29) is 5.69 Å². The number of hydrogen-bond donors (Lipinski definition) is 1. The van der Waals surface area contributed by atoms with Crippen LogP contribution in [0.3, 0.4) is 0 Å². The van der Waals surface area contributed by atoms with Gasteiger partial charge in [-0.25, -0.2) is 4.79 Å². The lowest BCUT2D eigenvalue weighted by atomic mass is 10.2. The van der Waals surface area contributed by atoms with Crippen LogP contribution >= 0.6 is 0 Å². The second-order valence-electron chi connectivity index (χ2n) is 3.51. The van der Waals surface area contributed by atoms with E-state index >= 15 is 0 Å². The van der Waals surface area contributed by atoms with Gasteiger partial charge < -0.3 is 10.1 Å². The van der Waals surface area contributed by atoms with Gasteiger partial charge in [-0.1, -0.05) is 0 Å². The lowest BCUT2D eigenvalue weighted by molar-refractivity contribution is -0.384. The number of allylic oxidation sites excluding steroid dienone is 1. The third-order valence-corrected chi connectivity index (χ3v) is 2.04. The molecule has 18 heavy (non-hydrogen) atoms. The van der Waals surface area contributed by atoms with Crippen molar-refractivity contribution in [3.05, 3.63) is 46.2 Å². The first-order valence-corrected chi connectivity index (χ1v) is 5.39. The molecule has 6 heteroatoms. The van der Waals surface area contributed by atoms with Gasteiger partial charge in [-0.3, -0.25) is 10.1 Å². The number of rotatable bonds is 5. The minimum Gasteiger partial charge on any atom is -0.463 e. The molecule has 0 aromatic heterocycles. The SMILES string of the molecule is CCOC(=O)C=C(C)Nc1ccc([N+](=O)[O-])cc1. The highest BCUT2D eigenvalue weighted by Gasteiger charge is 2.04. The van der Waals surface area contributed by atoms with Gasteiger partial charge in [-0.05, 0) is 26.0 Å². The zero-order chi connectivity index (χ0) is 13.5. The fraction of sp³-hybridized carbons (Fsp3) is 0.250. The lowest BCUT2D eigenvalue weighted by Crippen LogP contribution is -2.04. The van der Waals surface area contributed by atoms with Crippen molar-refractivity contribution >= 4 is 17.3 Å². The summed E-state index contributed by atoms with van der Waals surface area (Å²) in [5.74, 6) is -0.426. The molecule has 0 radical (unpaired) electrons. The van der Waals surface area contributed by atoms with Crippen molar-refractivity contribution in [2.75, 3.05) is 11.9 Å². The highest BCUT2D eigenvalue weighted by Crippen LogP contribution is 2.16. The van der Waals surface area contributed by atoms with Gasteiger partial charge in [0.05, 0.1) is 11.5 Å². The summed E-state index contributed by atoms with van der Waals surface area (Å²) in [4.78, 5) is 21.2. The molecule has 0 unspecified atom stereocenters. The lowest BCUT2D eigenvalue weighted by Gasteiger charge is -2.06. The number of nitro benzene ring substituents is 1. The second kappa shape index (κ2) is 6.39. The number of nitrogens with one attached hydrogen (secondary N) is 1. The topological polar surface area (TPSA) is 81.5 Å². The van der Waals surface area contributed by atoms with E-state index in [0.717, 1.165) is 0 Å². The van der Waals surface area contributed by atoms with Crippen LogP contribution in [0.4, 0.5) is 11.4 Å². The van der Waals surface area contributed by atoms with Crippen molar-refractivity contribution in [2.24, 2.45) is 0 Å². The third kappa shape index (κ3) is 4.25. The second-order valence-corrected chi connectivity index (χ2v) is 3.51. The number of nitrogens with zero attached hydrogens (tertiary/aromatic N) is 1. The smallest absolute Gasteiger partial charge is 0.332 e. The number of carbonyl (C=O) groups is 1. The summed E-state index contributed by atoms with van der Waals surface area (Å²) in [6.07, 6.45) is 1.32. The number of non-ortho nitro benzene ring substituents is 1. The predicted molar refractivity (Wildman–Crippen MR) is 67.1 cm³/mol. The minimum absolute atomic E-state index is 0.0209. The van der Waals surface area contributed by atoms with Crippen LogP contribution in [0.1, 0.15) is 13.8 Å². The van der Waals surface area contributed by atoms with Crippen molar-refractivity contribution in [1.29, 1.82) is 0 Å². The van der Waals surface area contributed by atoms with Crippen LogP contribution in [-0.4, -0.2) is 17.5 Å². The normalized spacial score (nSPS) is 10.9. The maximum absolute atomic E-state index is 11.2. The van der Waals surface area contributed by atoms with Gasteiger partial charge in [0.25, 0.3) is 5.69 Å². The van der Waals surface area contributed by atoms with E-state index in [4.69, 9.17) is 4.74 Å². The first kappa shape index (κ1) is 13.7. The van der Waals surface area contributed by atoms with Crippen LogP contribution in [0.5, 0.6) is 0 Å². The van der Waals surface area contributed by atoms with Crippen LogP contribution in [0, 0.1) is 10.1 Å². The van der Waals surface area contributed by atoms with Gasteiger partial charge in [-0.15, -0.1) is 0 Å². The van der Waals surface area contributed by atoms with Crippen LogP contribution in [0.15, 0.2) is 36.0 Å². The maximum atomic E-state index is 11.2. The molecule has 0 amide bonds. The van der Waals surface area contributed by atoms with Crippen molar-refractivity contribution in [3.63, 3.8) is 0 Å². The number of nitro groups is 1. The molecule has 0 atom stereocenters. The monoisotopic (exact) mass is 250 g/mol. The summed E-state index contributed by atoms with van der Waals surface area (Å²) >= 11 is 0. The van der Waals surface area contributed by atoms with E-state index < -0.39 is 10.9 Å².